The van der Waals surface area contributed by atoms with Crippen LogP contribution in [0.2, 0.25) is 0 Å². The van der Waals surface area contributed by atoms with Crippen molar-refractivity contribution in [3.63, 3.8) is 0 Å². The maximum atomic E-state index is 5.19. The Morgan fingerprint density at radius 1 is 0.488 bits per heavy atom. The van der Waals surface area contributed by atoms with Crippen molar-refractivity contribution in [2.24, 2.45) is 0 Å². The number of rotatable bonds is 4. The number of anilines is 3. The van der Waals surface area contributed by atoms with E-state index in [2.05, 4.69) is 138 Å². The highest BCUT2D eigenvalue weighted by Crippen LogP contribution is 2.41. The van der Waals surface area contributed by atoms with Crippen molar-refractivity contribution in [1.82, 2.24) is 9.97 Å². The predicted molar refractivity (Wildman–Crippen MR) is 185 cm³/mol. The van der Waals surface area contributed by atoms with Crippen LogP contribution in [0.5, 0.6) is 0 Å². The zero-order valence-corrected chi connectivity index (χ0v) is 24.6. The molecule has 0 aliphatic carbocycles. The molecular weight excluding hydrogens is 563 g/mol. The SMILES string of the molecule is c1ccc2c(N(c3ccc(-c4ccc5sc6ccccc6c5c4)cc3)c3ncc4sc5ccccc5c4n3)cccc2c1. The first-order valence-electron chi connectivity index (χ1n) is 14.2. The number of thiophene rings is 2. The first-order valence-corrected chi connectivity index (χ1v) is 15.9. The van der Waals surface area contributed by atoms with Gasteiger partial charge in [-0.2, -0.15) is 0 Å². The van der Waals surface area contributed by atoms with Crippen LogP contribution in [0.15, 0.2) is 140 Å². The summed E-state index contributed by atoms with van der Waals surface area (Å²) in [7, 11) is 0. The Balaban J connectivity index is 1.20. The average molecular weight is 586 g/mol. The van der Waals surface area contributed by atoms with E-state index in [4.69, 9.17) is 9.97 Å². The Bertz CT molecular complexity index is 2470. The molecule has 202 valence electrons. The molecule has 0 fully saturated rings. The first-order chi connectivity index (χ1) is 21.3. The average Bonchev–Trinajstić information content (AvgIpc) is 3.63. The summed E-state index contributed by atoms with van der Waals surface area (Å²) in [5.41, 5.74) is 5.45. The number of fused-ring (bicyclic) bond motifs is 7. The highest BCUT2D eigenvalue weighted by Gasteiger charge is 2.19. The minimum atomic E-state index is 0.659. The van der Waals surface area contributed by atoms with E-state index in [1.807, 2.05) is 17.5 Å². The molecule has 0 amide bonds. The standard InChI is InChI=1S/C38H23N3S2/c1-2-10-28-25(8-1)9-7-13-32(28)41(38-39-23-36-37(40-38)30-12-4-6-15-34(30)43-36)27-19-16-24(17-20-27)26-18-21-35-31(22-26)29-11-3-5-14-33(29)42-35/h1-23H. The van der Waals surface area contributed by atoms with Crippen LogP contribution in [0.1, 0.15) is 0 Å². The van der Waals surface area contributed by atoms with Crippen molar-refractivity contribution >= 4 is 91.2 Å². The first kappa shape index (κ1) is 24.5. The lowest BCUT2D eigenvalue weighted by atomic mass is 10.0. The highest BCUT2D eigenvalue weighted by molar-refractivity contribution is 7.26. The van der Waals surface area contributed by atoms with E-state index in [0.29, 0.717) is 5.95 Å². The molecule has 3 nitrogen and oxygen atoms in total. The van der Waals surface area contributed by atoms with Crippen molar-refractivity contribution < 1.29 is 0 Å². The lowest BCUT2D eigenvalue weighted by Crippen LogP contribution is -2.13. The normalized spacial score (nSPS) is 11.7. The Morgan fingerprint density at radius 3 is 2.00 bits per heavy atom. The third-order valence-electron chi connectivity index (χ3n) is 8.15. The van der Waals surface area contributed by atoms with Gasteiger partial charge in [-0.15, -0.1) is 22.7 Å². The van der Waals surface area contributed by atoms with Crippen LogP contribution >= 0.6 is 22.7 Å². The van der Waals surface area contributed by atoms with Gasteiger partial charge in [0.05, 0.1) is 22.1 Å². The third kappa shape index (κ3) is 4.01. The molecule has 0 aliphatic heterocycles. The summed E-state index contributed by atoms with van der Waals surface area (Å²) in [5.74, 6) is 0.659. The van der Waals surface area contributed by atoms with Crippen LogP contribution in [0.25, 0.3) is 62.4 Å². The molecule has 0 radical (unpaired) electrons. The van der Waals surface area contributed by atoms with E-state index < -0.39 is 0 Å². The molecular formula is C38H23N3S2. The Labute approximate surface area is 255 Å². The smallest absolute Gasteiger partial charge is 0.235 e. The van der Waals surface area contributed by atoms with Gasteiger partial charge < -0.3 is 0 Å². The molecule has 9 aromatic rings. The lowest BCUT2D eigenvalue weighted by molar-refractivity contribution is 1.12. The topological polar surface area (TPSA) is 29.0 Å². The zero-order chi connectivity index (χ0) is 28.3. The number of hydrogen-bond acceptors (Lipinski definition) is 5. The molecule has 0 bridgehead atoms. The van der Waals surface area contributed by atoms with Gasteiger partial charge in [0, 0.05) is 41.3 Å². The molecule has 0 atom stereocenters. The van der Waals surface area contributed by atoms with E-state index in [1.54, 1.807) is 11.3 Å². The Morgan fingerprint density at radius 2 is 1.14 bits per heavy atom. The van der Waals surface area contributed by atoms with Crippen LogP contribution in [-0.2, 0) is 0 Å². The van der Waals surface area contributed by atoms with Gasteiger partial charge in [0.2, 0.25) is 5.95 Å². The minimum absolute atomic E-state index is 0.659. The summed E-state index contributed by atoms with van der Waals surface area (Å²) >= 11 is 3.59. The van der Waals surface area contributed by atoms with Crippen molar-refractivity contribution in [3.8, 4) is 11.1 Å². The fourth-order valence-corrected chi connectivity index (χ4v) is 8.18. The van der Waals surface area contributed by atoms with Crippen LogP contribution in [0.4, 0.5) is 17.3 Å². The monoisotopic (exact) mass is 585 g/mol. The quantitative estimate of drug-likeness (QED) is 0.206. The van der Waals surface area contributed by atoms with Gasteiger partial charge in [-0.05, 0) is 59.0 Å². The van der Waals surface area contributed by atoms with E-state index in [0.717, 1.165) is 32.4 Å². The maximum Gasteiger partial charge on any atom is 0.235 e. The minimum Gasteiger partial charge on any atom is -0.279 e. The molecule has 0 saturated carbocycles. The summed E-state index contributed by atoms with van der Waals surface area (Å²) in [6.45, 7) is 0. The predicted octanol–water partition coefficient (Wildman–Crippen LogP) is 11.5. The Kier molecular flexibility index (Phi) is 5.54. The molecule has 43 heavy (non-hydrogen) atoms. The summed E-state index contributed by atoms with van der Waals surface area (Å²) < 4.78 is 4.96. The van der Waals surface area contributed by atoms with Gasteiger partial charge in [0.1, 0.15) is 0 Å². The molecule has 3 heterocycles. The summed E-state index contributed by atoms with van der Waals surface area (Å²) in [4.78, 5) is 12.3. The van der Waals surface area contributed by atoms with Gasteiger partial charge in [-0.25, -0.2) is 9.97 Å². The van der Waals surface area contributed by atoms with Crippen molar-refractivity contribution in [2.45, 2.75) is 0 Å². The van der Waals surface area contributed by atoms with Crippen LogP contribution in [0.3, 0.4) is 0 Å². The summed E-state index contributed by atoms with van der Waals surface area (Å²) in [6, 6.07) is 47.6. The van der Waals surface area contributed by atoms with Gasteiger partial charge in [-0.1, -0.05) is 91.0 Å². The molecule has 0 aliphatic rings. The second-order valence-electron chi connectivity index (χ2n) is 10.7. The van der Waals surface area contributed by atoms with Crippen LogP contribution in [0, 0.1) is 0 Å². The molecule has 0 spiro atoms. The summed E-state index contributed by atoms with van der Waals surface area (Å²) in [5, 5.41) is 6.12. The summed E-state index contributed by atoms with van der Waals surface area (Å²) in [6.07, 6.45) is 1.97. The van der Waals surface area contributed by atoms with Crippen molar-refractivity contribution in [1.29, 1.82) is 0 Å². The van der Waals surface area contributed by atoms with Crippen LogP contribution < -0.4 is 4.90 Å². The number of hydrogen-bond donors (Lipinski definition) is 0. The number of nitrogens with zero attached hydrogens (tertiary/aromatic N) is 3. The number of benzene rings is 6. The lowest BCUT2D eigenvalue weighted by Gasteiger charge is -2.25. The third-order valence-corrected chi connectivity index (χ3v) is 10.4. The van der Waals surface area contributed by atoms with Gasteiger partial charge >= 0.3 is 0 Å². The molecule has 6 aromatic carbocycles. The Hall–Kier alpha value is -5.10. The molecule has 9 rings (SSSR count). The van der Waals surface area contributed by atoms with Crippen LogP contribution in [-0.4, -0.2) is 9.97 Å². The van der Waals surface area contributed by atoms with E-state index in [-0.39, 0.29) is 0 Å². The molecule has 0 N–H and O–H groups in total. The van der Waals surface area contributed by atoms with Gasteiger partial charge in [-0.3, -0.25) is 4.90 Å². The maximum absolute atomic E-state index is 5.19. The molecule has 5 heteroatoms. The molecule has 0 saturated heterocycles. The van der Waals surface area contributed by atoms with E-state index in [1.165, 1.54) is 41.4 Å². The largest absolute Gasteiger partial charge is 0.279 e. The highest BCUT2D eigenvalue weighted by atomic mass is 32.1. The van der Waals surface area contributed by atoms with E-state index in [9.17, 15) is 0 Å². The van der Waals surface area contributed by atoms with Crippen molar-refractivity contribution in [2.75, 3.05) is 4.90 Å². The fourth-order valence-electron chi connectivity index (χ4n) is 6.08. The second kappa shape index (κ2) is 9.73. The fraction of sp³-hybridized carbons (Fsp3) is 0. The van der Waals surface area contributed by atoms with Gasteiger partial charge in [0.15, 0.2) is 0 Å². The van der Waals surface area contributed by atoms with E-state index >= 15 is 0 Å². The second-order valence-corrected chi connectivity index (χ2v) is 12.8. The molecule has 0 unspecified atom stereocenters. The zero-order valence-electron chi connectivity index (χ0n) is 22.9. The van der Waals surface area contributed by atoms with Gasteiger partial charge in [0.25, 0.3) is 0 Å². The van der Waals surface area contributed by atoms with Crippen molar-refractivity contribution in [3.05, 3.63) is 140 Å². The molecule has 3 aromatic heterocycles. The number of aromatic nitrogens is 2.